The highest BCUT2D eigenvalue weighted by atomic mass is 16.5. The van der Waals surface area contributed by atoms with Crippen LogP contribution in [-0.2, 0) is 0 Å². The van der Waals surface area contributed by atoms with Crippen LogP contribution in [0.1, 0.15) is 69.9 Å². The molecule has 1 aliphatic rings. The van der Waals surface area contributed by atoms with Gasteiger partial charge in [-0.05, 0) is 37.4 Å². The van der Waals surface area contributed by atoms with Gasteiger partial charge >= 0.3 is 0 Å². The van der Waals surface area contributed by atoms with Gasteiger partial charge in [0.1, 0.15) is 5.75 Å². The van der Waals surface area contributed by atoms with E-state index in [1.165, 1.54) is 50.5 Å². The van der Waals surface area contributed by atoms with Crippen LogP contribution >= 0.6 is 0 Å². The van der Waals surface area contributed by atoms with Gasteiger partial charge in [0.05, 0.1) is 12.8 Å². The molecule has 0 radical (unpaired) electrons. The molecule has 1 unspecified atom stereocenters. The summed E-state index contributed by atoms with van der Waals surface area (Å²) in [6.07, 6.45) is 14.5. The number of nitrogens with zero attached hydrogens (tertiary/aromatic N) is 1. The summed E-state index contributed by atoms with van der Waals surface area (Å²) < 4.78 is 5.71. The number of rotatable bonds is 7. The number of hydrogen-bond acceptors (Lipinski definition) is 3. The van der Waals surface area contributed by atoms with Crippen LogP contribution in [0.15, 0.2) is 18.5 Å². The predicted octanol–water partition coefficient (Wildman–Crippen LogP) is 4.49. The third-order valence-electron chi connectivity index (χ3n) is 4.50. The lowest BCUT2D eigenvalue weighted by molar-refractivity contribution is 0.314. The summed E-state index contributed by atoms with van der Waals surface area (Å²) in [6, 6.07) is 2.55. The summed E-state index contributed by atoms with van der Waals surface area (Å²) >= 11 is 0. The summed E-state index contributed by atoms with van der Waals surface area (Å²) in [4.78, 5) is 4.35. The Hall–Kier alpha value is -1.09. The molecule has 0 aromatic carbocycles. The molecular formula is C18H30N2O. The molecule has 1 saturated carbocycles. The zero-order valence-corrected chi connectivity index (χ0v) is 13.6. The van der Waals surface area contributed by atoms with E-state index in [9.17, 15) is 0 Å². The Morgan fingerprint density at radius 3 is 2.67 bits per heavy atom. The molecule has 2 rings (SSSR count). The van der Waals surface area contributed by atoms with Crippen LogP contribution in [0.3, 0.4) is 0 Å². The van der Waals surface area contributed by atoms with Gasteiger partial charge in [-0.1, -0.05) is 45.4 Å². The van der Waals surface area contributed by atoms with E-state index in [1.807, 2.05) is 12.4 Å². The molecule has 1 atom stereocenters. The van der Waals surface area contributed by atoms with Crippen LogP contribution in [-0.4, -0.2) is 18.6 Å². The maximum atomic E-state index is 5.71. The molecule has 1 N–H and O–H groups in total. The normalized spacial score (nSPS) is 18.2. The van der Waals surface area contributed by atoms with Crippen LogP contribution in [0, 0.1) is 5.92 Å². The summed E-state index contributed by atoms with van der Waals surface area (Å²) in [7, 11) is 2.06. The van der Waals surface area contributed by atoms with Gasteiger partial charge < -0.3 is 10.1 Å². The van der Waals surface area contributed by atoms with Crippen LogP contribution in [0.2, 0.25) is 0 Å². The van der Waals surface area contributed by atoms with Crippen LogP contribution in [0.25, 0.3) is 0 Å². The molecule has 118 valence electrons. The molecule has 1 heterocycles. The molecule has 0 spiro atoms. The van der Waals surface area contributed by atoms with E-state index in [0.717, 1.165) is 24.7 Å². The van der Waals surface area contributed by atoms with Gasteiger partial charge in [-0.3, -0.25) is 4.98 Å². The quantitative estimate of drug-likeness (QED) is 0.751. The summed E-state index contributed by atoms with van der Waals surface area (Å²) in [5, 5.41) is 3.47. The Morgan fingerprint density at radius 2 is 2.00 bits per heavy atom. The molecule has 0 saturated heterocycles. The van der Waals surface area contributed by atoms with Crippen molar-refractivity contribution < 1.29 is 4.74 Å². The smallest absolute Gasteiger partial charge is 0.137 e. The Morgan fingerprint density at radius 1 is 1.24 bits per heavy atom. The minimum Gasteiger partial charge on any atom is -0.492 e. The predicted molar refractivity (Wildman–Crippen MR) is 87.6 cm³/mol. The van der Waals surface area contributed by atoms with Crippen LogP contribution in [0.4, 0.5) is 0 Å². The largest absolute Gasteiger partial charge is 0.492 e. The number of ether oxygens (including phenoxy) is 1. The SMILES string of the molecule is CCCOc1cncc(C(CC2CCCCCC2)NC)c1. The van der Waals surface area contributed by atoms with Crippen molar-refractivity contribution in [2.75, 3.05) is 13.7 Å². The zero-order chi connectivity index (χ0) is 14.9. The van der Waals surface area contributed by atoms with E-state index in [4.69, 9.17) is 4.74 Å². The molecule has 0 amide bonds. The van der Waals surface area contributed by atoms with Crippen molar-refractivity contribution in [2.45, 2.75) is 64.3 Å². The molecule has 21 heavy (non-hydrogen) atoms. The number of pyridine rings is 1. The molecule has 1 aromatic rings. The zero-order valence-electron chi connectivity index (χ0n) is 13.6. The third kappa shape index (κ3) is 5.31. The second-order valence-electron chi connectivity index (χ2n) is 6.24. The van der Waals surface area contributed by atoms with E-state index in [1.54, 1.807) is 0 Å². The van der Waals surface area contributed by atoms with Crippen molar-refractivity contribution in [3.8, 4) is 5.75 Å². The molecule has 1 aromatic heterocycles. The van der Waals surface area contributed by atoms with E-state index in [0.29, 0.717) is 6.04 Å². The van der Waals surface area contributed by atoms with Crippen molar-refractivity contribution in [1.29, 1.82) is 0 Å². The average molecular weight is 290 g/mol. The fourth-order valence-corrected chi connectivity index (χ4v) is 3.28. The maximum absolute atomic E-state index is 5.71. The first-order valence-corrected chi connectivity index (χ1v) is 8.58. The minimum absolute atomic E-state index is 0.394. The third-order valence-corrected chi connectivity index (χ3v) is 4.50. The number of nitrogens with one attached hydrogen (secondary N) is 1. The lowest BCUT2D eigenvalue weighted by Gasteiger charge is -2.23. The van der Waals surface area contributed by atoms with Gasteiger partial charge in [0.15, 0.2) is 0 Å². The standard InChI is InChI=1S/C18H30N2O/c1-3-10-21-17-12-16(13-20-14-17)18(19-2)11-15-8-6-4-5-7-9-15/h12-15,18-19H,3-11H2,1-2H3. The average Bonchev–Trinajstić information content (AvgIpc) is 2.79. The summed E-state index contributed by atoms with van der Waals surface area (Å²) in [5.41, 5.74) is 1.26. The monoisotopic (exact) mass is 290 g/mol. The van der Waals surface area contributed by atoms with Gasteiger partial charge in [0.2, 0.25) is 0 Å². The second-order valence-corrected chi connectivity index (χ2v) is 6.24. The van der Waals surface area contributed by atoms with Crippen molar-refractivity contribution in [3.63, 3.8) is 0 Å². The first kappa shape index (κ1) is 16.3. The van der Waals surface area contributed by atoms with E-state index in [-0.39, 0.29) is 0 Å². The molecule has 0 aliphatic heterocycles. The van der Waals surface area contributed by atoms with E-state index in [2.05, 4.69) is 30.3 Å². The van der Waals surface area contributed by atoms with Crippen molar-refractivity contribution in [1.82, 2.24) is 10.3 Å². The lowest BCUT2D eigenvalue weighted by Crippen LogP contribution is -2.20. The highest BCUT2D eigenvalue weighted by Crippen LogP contribution is 2.31. The van der Waals surface area contributed by atoms with Crippen molar-refractivity contribution >= 4 is 0 Å². The Labute approximate surface area is 129 Å². The van der Waals surface area contributed by atoms with Crippen LogP contribution < -0.4 is 10.1 Å². The molecule has 1 fully saturated rings. The van der Waals surface area contributed by atoms with Gasteiger partial charge in [-0.2, -0.15) is 0 Å². The molecule has 1 aliphatic carbocycles. The van der Waals surface area contributed by atoms with Gasteiger partial charge in [-0.15, -0.1) is 0 Å². The van der Waals surface area contributed by atoms with Gasteiger partial charge in [0, 0.05) is 12.2 Å². The number of hydrogen-bond donors (Lipinski definition) is 1. The molecular weight excluding hydrogens is 260 g/mol. The highest BCUT2D eigenvalue weighted by molar-refractivity contribution is 5.26. The molecule has 3 nitrogen and oxygen atoms in total. The van der Waals surface area contributed by atoms with Gasteiger partial charge in [-0.25, -0.2) is 0 Å². The van der Waals surface area contributed by atoms with Crippen molar-refractivity contribution in [3.05, 3.63) is 24.0 Å². The van der Waals surface area contributed by atoms with E-state index >= 15 is 0 Å². The molecule has 0 bridgehead atoms. The lowest BCUT2D eigenvalue weighted by atomic mass is 9.90. The maximum Gasteiger partial charge on any atom is 0.137 e. The Bertz CT molecular complexity index is 400. The fourth-order valence-electron chi connectivity index (χ4n) is 3.28. The minimum atomic E-state index is 0.394. The van der Waals surface area contributed by atoms with E-state index < -0.39 is 0 Å². The topological polar surface area (TPSA) is 34.1 Å². The molecule has 3 heteroatoms. The second kappa shape index (κ2) is 9.04. The van der Waals surface area contributed by atoms with Crippen LogP contribution in [0.5, 0.6) is 5.75 Å². The number of aromatic nitrogens is 1. The fraction of sp³-hybridized carbons (Fsp3) is 0.722. The Balaban J connectivity index is 1.98. The first-order chi connectivity index (χ1) is 10.3. The summed E-state index contributed by atoms with van der Waals surface area (Å²) in [6.45, 7) is 2.89. The first-order valence-electron chi connectivity index (χ1n) is 8.58. The Kier molecular flexibility index (Phi) is 7.01. The van der Waals surface area contributed by atoms with Crippen molar-refractivity contribution in [2.24, 2.45) is 5.92 Å². The summed E-state index contributed by atoms with van der Waals surface area (Å²) in [5.74, 6) is 1.75. The highest BCUT2D eigenvalue weighted by Gasteiger charge is 2.19. The van der Waals surface area contributed by atoms with Gasteiger partial charge in [0.25, 0.3) is 0 Å².